The molecule has 0 radical (unpaired) electrons. The van der Waals surface area contributed by atoms with Crippen LogP contribution in [-0.4, -0.2) is 53.8 Å². The number of aromatic nitrogens is 2. The van der Waals surface area contributed by atoms with Gasteiger partial charge in [0, 0.05) is 32.0 Å². The summed E-state index contributed by atoms with van der Waals surface area (Å²) in [5.74, 6) is 0.372. The second kappa shape index (κ2) is 6.21. The topological polar surface area (TPSA) is 42.3 Å². The molecule has 1 saturated heterocycles. The fourth-order valence-electron chi connectivity index (χ4n) is 2.03. The summed E-state index contributed by atoms with van der Waals surface area (Å²) in [4.78, 5) is 5.90. The van der Waals surface area contributed by atoms with Crippen molar-refractivity contribution in [2.45, 2.75) is 19.2 Å². The molecule has 2 heterocycles. The van der Waals surface area contributed by atoms with E-state index in [-0.39, 0.29) is 6.10 Å². The van der Waals surface area contributed by atoms with Gasteiger partial charge in [-0.1, -0.05) is 0 Å². The summed E-state index contributed by atoms with van der Waals surface area (Å²) >= 11 is 0. The minimum Gasteiger partial charge on any atom is -0.374 e. The Bertz CT molecular complexity index is 366. The molecule has 1 unspecified atom stereocenters. The molecule has 0 saturated carbocycles. The summed E-state index contributed by atoms with van der Waals surface area (Å²) in [6, 6.07) is 0. The first-order chi connectivity index (χ1) is 8.66. The molecule has 1 fully saturated rings. The molecule has 102 valence electrons. The van der Waals surface area contributed by atoms with Crippen molar-refractivity contribution in [1.29, 1.82) is 0 Å². The van der Waals surface area contributed by atoms with Crippen LogP contribution < -0.4 is 5.32 Å². The van der Waals surface area contributed by atoms with E-state index in [1.54, 1.807) is 0 Å². The number of nitrogens with one attached hydrogen (secondary N) is 1. The van der Waals surface area contributed by atoms with E-state index in [2.05, 4.69) is 10.3 Å². The van der Waals surface area contributed by atoms with E-state index >= 15 is 0 Å². The number of morpholine rings is 1. The molecule has 5 nitrogen and oxygen atoms in total. The molecule has 0 aromatic carbocycles. The fourth-order valence-corrected chi connectivity index (χ4v) is 2.03. The lowest BCUT2D eigenvalue weighted by atomic mass is 10.3. The van der Waals surface area contributed by atoms with Crippen LogP contribution in [0.5, 0.6) is 0 Å². The maximum atomic E-state index is 12.6. The third kappa shape index (κ3) is 3.47. The molecule has 1 aromatic heterocycles. The summed E-state index contributed by atoms with van der Waals surface area (Å²) in [5, 5.41) is 3.24. The van der Waals surface area contributed by atoms with Crippen LogP contribution in [0.25, 0.3) is 0 Å². The molecule has 18 heavy (non-hydrogen) atoms. The Balaban J connectivity index is 1.86. The van der Waals surface area contributed by atoms with E-state index in [0.717, 1.165) is 17.7 Å². The molecule has 1 N–H and O–H groups in total. The Morgan fingerprint density at radius 3 is 3.17 bits per heavy atom. The van der Waals surface area contributed by atoms with E-state index in [4.69, 9.17) is 4.74 Å². The molecular formula is C11H18F2N4O. The maximum absolute atomic E-state index is 12.6. The number of rotatable bonds is 5. The SMILES string of the molecule is CN(Cc1nccn1C(F)F)CC1CNCCO1. The number of likely N-dealkylation sites (N-methyl/N-ethyl adjacent to an activating group) is 1. The van der Waals surface area contributed by atoms with Crippen molar-refractivity contribution in [3.63, 3.8) is 0 Å². The zero-order valence-corrected chi connectivity index (χ0v) is 10.4. The van der Waals surface area contributed by atoms with Gasteiger partial charge in [0.1, 0.15) is 5.82 Å². The Morgan fingerprint density at radius 1 is 1.67 bits per heavy atom. The largest absolute Gasteiger partial charge is 0.374 e. The number of hydrogen-bond acceptors (Lipinski definition) is 4. The number of halogens is 2. The molecule has 0 aliphatic carbocycles. The number of nitrogens with zero attached hydrogens (tertiary/aromatic N) is 3. The standard InChI is InChI=1S/C11H18F2N4O/c1-16(7-9-6-14-3-5-18-9)8-10-15-2-4-17(10)11(12)13/h2,4,9,11,14H,3,5-8H2,1H3. The van der Waals surface area contributed by atoms with Crippen LogP contribution in [0.3, 0.4) is 0 Å². The van der Waals surface area contributed by atoms with Crippen molar-refractivity contribution in [3.05, 3.63) is 18.2 Å². The van der Waals surface area contributed by atoms with E-state index in [9.17, 15) is 8.78 Å². The first-order valence-electron chi connectivity index (χ1n) is 5.97. The Morgan fingerprint density at radius 2 is 2.50 bits per heavy atom. The number of alkyl halides is 2. The smallest absolute Gasteiger partial charge is 0.319 e. The highest BCUT2D eigenvalue weighted by molar-refractivity contribution is 4.92. The molecule has 1 atom stereocenters. The normalized spacial score (nSPS) is 20.8. The van der Waals surface area contributed by atoms with Gasteiger partial charge in [-0.15, -0.1) is 0 Å². The van der Waals surface area contributed by atoms with Gasteiger partial charge in [0.25, 0.3) is 0 Å². The van der Waals surface area contributed by atoms with Crippen molar-refractivity contribution >= 4 is 0 Å². The highest BCUT2D eigenvalue weighted by Gasteiger charge is 2.18. The third-order valence-corrected chi connectivity index (χ3v) is 2.89. The summed E-state index contributed by atoms with van der Waals surface area (Å²) < 4.78 is 31.7. The summed E-state index contributed by atoms with van der Waals surface area (Å²) in [5.41, 5.74) is 0. The zero-order valence-electron chi connectivity index (χ0n) is 10.4. The summed E-state index contributed by atoms with van der Waals surface area (Å²) in [6.45, 7) is 0.914. The Labute approximate surface area is 105 Å². The lowest BCUT2D eigenvalue weighted by molar-refractivity contribution is 0.00722. The number of ether oxygens (including phenoxy) is 1. The Hall–Kier alpha value is -1.05. The molecule has 1 aliphatic rings. The third-order valence-electron chi connectivity index (χ3n) is 2.89. The summed E-state index contributed by atoms with van der Waals surface area (Å²) in [6.07, 6.45) is 2.80. The van der Waals surface area contributed by atoms with Gasteiger partial charge in [0.2, 0.25) is 0 Å². The van der Waals surface area contributed by atoms with Crippen LogP contribution in [0, 0.1) is 0 Å². The lowest BCUT2D eigenvalue weighted by Crippen LogP contribution is -2.44. The van der Waals surface area contributed by atoms with Gasteiger partial charge in [-0.2, -0.15) is 8.78 Å². The van der Waals surface area contributed by atoms with Crippen LogP contribution in [-0.2, 0) is 11.3 Å². The van der Waals surface area contributed by atoms with Crippen LogP contribution >= 0.6 is 0 Å². The van der Waals surface area contributed by atoms with E-state index in [1.165, 1.54) is 12.4 Å². The molecule has 1 aromatic rings. The quantitative estimate of drug-likeness (QED) is 0.846. The lowest BCUT2D eigenvalue weighted by Gasteiger charge is -2.27. The van der Waals surface area contributed by atoms with Crippen molar-refractivity contribution in [1.82, 2.24) is 19.8 Å². The average molecular weight is 260 g/mol. The van der Waals surface area contributed by atoms with E-state index in [1.807, 2.05) is 11.9 Å². The summed E-state index contributed by atoms with van der Waals surface area (Å²) in [7, 11) is 1.88. The van der Waals surface area contributed by atoms with Crippen molar-refractivity contribution in [2.75, 3.05) is 33.3 Å². The van der Waals surface area contributed by atoms with Crippen LogP contribution in [0.15, 0.2) is 12.4 Å². The second-order valence-electron chi connectivity index (χ2n) is 4.42. The molecule has 0 spiro atoms. The first kappa shape index (κ1) is 13.4. The highest BCUT2D eigenvalue weighted by atomic mass is 19.3. The number of hydrogen-bond donors (Lipinski definition) is 1. The zero-order chi connectivity index (χ0) is 13.0. The van der Waals surface area contributed by atoms with Crippen molar-refractivity contribution in [2.24, 2.45) is 0 Å². The monoisotopic (exact) mass is 260 g/mol. The predicted octanol–water partition coefficient (Wildman–Crippen LogP) is 0.698. The molecule has 0 amide bonds. The Kier molecular flexibility index (Phi) is 4.62. The second-order valence-corrected chi connectivity index (χ2v) is 4.42. The van der Waals surface area contributed by atoms with Gasteiger partial charge in [-0.3, -0.25) is 9.47 Å². The van der Waals surface area contributed by atoms with Crippen LogP contribution in [0.4, 0.5) is 8.78 Å². The van der Waals surface area contributed by atoms with Crippen molar-refractivity contribution in [3.8, 4) is 0 Å². The average Bonchev–Trinajstić information content (AvgIpc) is 2.78. The first-order valence-corrected chi connectivity index (χ1v) is 5.97. The minimum absolute atomic E-state index is 0.110. The molecule has 7 heteroatoms. The van der Waals surface area contributed by atoms with Crippen molar-refractivity contribution < 1.29 is 13.5 Å². The van der Waals surface area contributed by atoms with Gasteiger partial charge in [-0.25, -0.2) is 4.98 Å². The molecule has 0 bridgehead atoms. The molecule has 2 rings (SSSR count). The van der Waals surface area contributed by atoms with E-state index in [0.29, 0.717) is 25.5 Å². The van der Waals surface area contributed by atoms with Gasteiger partial charge < -0.3 is 10.1 Å². The van der Waals surface area contributed by atoms with Crippen LogP contribution in [0.1, 0.15) is 12.4 Å². The molecular weight excluding hydrogens is 242 g/mol. The highest BCUT2D eigenvalue weighted by Crippen LogP contribution is 2.13. The van der Waals surface area contributed by atoms with Gasteiger partial charge in [0.05, 0.1) is 19.3 Å². The van der Waals surface area contributed by atoms with Crippen LogP contribution in [0.2, 0.25) is 0 Å². The molecule has 1 aliphatic heterocycles. The van der Waals surface area contributed by atoms with Gasteiger partial charge in [-0.05, 0) is 7.05 Å². The van der Waals surface area contributed by atoms with Gasteiger partial charge >= 0.3 is 6.55 Å². The van der Waals surface area contributed by atoms with E-state index < -0.39 is 6.55 Å². The number of imidazole rings is 1. The fraction of sp³-hybridized carbons (Fsp3) is 0.727. The minimum atomic E-state index is -2.54. The van der Waals surface area contributed by atoms with Gasteiger partial charge in [0.15, 0.2) is 0 Å². The predicted molar refractivity (Wildman–Crippen MR) is 62.4 cm³/mol. The maximum Gasteiger partial charge on any atom is 0.319 e.